The fourth-order valence-electron chi connectivity index (χ4n) is 2.57. The number of nitro groups is 1. The van der Waals surface area contributed by atoms with Crippen LogP contribution >= 0.6 is 23.4 Å². The highest BCUT2D eigenvalue weighted by Gasteiger charge is 2.24. The van der Waals surface area contributed by atoms with Crippen LogP contribution < -0.4 is 9.62 Å². The number of halogens is 1. The third-order valence-electron chi connectivity index (χ3n) is 4.09. The zero-order valence-electron chi connectivity index (χ0n) is 16.5. The summed E-state index contributed by atoms with van der Waals surface area (Å²) in [5, 5.41) is 14.4. The average molecular weight is 472 g/mol. The van der Waals surface area contributed by atoms with Gasteiger partial charge in [-0.25, -0.2) is 8.42 Å². The molecule has 162 valence electrons. The first kappa shape index (κ1) is 24.0. The van der Waals surface area contributed by atoms with Crippen molar-refractivity contribution < 1.29 is 18.1 Å². The van der Waals surface area contributed by atoms with E-state index in [1.807, 2.05) is 12.1 Å². The maximum absolute atomic E-state index is 12.3. The number of nitrogens with zero attached hydrogens (tertiary/aromatic N) is 2. The van der Waals surface area contributed by atoms with Crippen molar-refractivity contribution in [3.63, 3.8) is 0 Å². The molecular weight excluding hydrogens is 450 g/mol. The van der Waals surface area contributed by atoms with E-state index in [0.717, 1.165) is 27.3 Å². The molecule has 0 aliphatic heterocycles. The monoisotopic (exact) mass is 471 g/mol. The van der Waals surface area contributed by atoms with E-state index in [0.29, 0.717) is 23.6 Å². The van der Waals surface area contributed by atoms with Crippen LogP contribution in [0.4, 0.5) is 11.4 Å². The van der Waals surface area contributed by atoms with Crippen LogP contribution in [0.3, 0.4) is 0 Å². The summed E-state index contributed by atoms with van der Waals surface area (Å²) in [6, 6.07) is 11.3. The van der Waals surface area contributed by atoms with Gasteiger partial charge in [-0.1, -0.05) is 17.7 Å². The quantitative estimate of drug-likeness (QED) is 0.245. The number of carbonyl (C=O) groups is 1. The Morgan fingerprint density at radius 3 is 2.50 bits per heavy atom. The molecule has 11 heteroatoms. The number of aryl methyl sites for hydroxylation is 1. The smallest absolute Gasteiger partial charge is 0.271 e. The summed E-state index contributed by atoms with van der Waals surface area (Å²) in [5.74, 6) is 0.282. The molecule has 0 radical (unpaired) electrons. The summed E-state index contributed by atoms with van der Waals surface area (Å²) < 4.78 is 25.3. The molecule has 0 aliphatic carbocycles. The van der Waals surface area contributed by atoms with E-state index in [1.165, 1.54) is 12.1 Å². The molecule has 30 heavy (non-hydrogen) atoms. The number of nitrogens with one attached hydrogen (secondary N) is 1. The third-order valence-corrected chi connectivity index (χ3v) is 6.56. The molecule has 0 aliphatic rings. The Morgan fingerprint density at radius 1 is 1.23 bits per heavy atom. The van der Waals surface area contributed by atoms with E-state index >= 15 is 0 Å². The van der Waals surface area contributed by atoms with E-state index in [2.05, 4.69) is 5.32 Å². The zero-order chi connectivity index (χ0) is 22.3. The molecule has 8 nitrogen and oxygen atoms in total. The van der Waals surface area contributed by atoms with Crippen molar-refractivity contribution in [1.82, 2.24) is 5.32 Å². The Morgan fingerprint density at radius 2 is 1.90 bits per heavy atom. The maximum atomic E-state index is 12.3. The van der Waals surface area contributed by atoms with Crippen LogP contribution in [0.1, 0.15) is 12.0 Å². The van der Waals surface area contributed by atoms with Crippen molar-refractivity contribution >= 4 is 50.7 Å². The summed E-state index contributed by atoms with van der Waals surface area (Å²) in [6.45, 7) is 1.55. The van der Waals surface area contributed by atoms with Crippen LogP contribution in [0, 0.1) is 17.0 Å². The molecule has 0 bridgehead atoms. The fourth-order valence-corrected chi connectivity index (χ4v) is 4.45. The first-order valence-corrected chi connectivity index (χ1v) is 12.2. The second kappa shape index (κ2) is 10.6. The summed E-state index contributed by atoms with van der Waals surface area (Å²) in [4.78, 5) is 23.8. The van der Waals surface area contributed by atoms with Gasteiger partial charge in [-0.3, -0.25) is 19.2 Å². The number of thioether (sulfide) groups is 1. The first-order valence-electron chi connectivity index (χ1n) is 8.96. The minimum Gasteiger partial charge on any atom is -0.354 e. The van der Waals surface area contributed by atoms with Crippen LogP contribution in [0.15, 0.2) is 47.4 Å². The van der Waals surface area contributed by atoms with Gasteiger partial charge in [0.2, 0.25) is 15.9 Å². The van der Waals surface area contributed by atoms with Gasteiger partial charge in [-0.2, -0.15) is 0 Å². The first-order chi connectivity index (χ1) is 14.1. The zero-order valence-corrected chi connectivity index (χ0v) is 18.9. The van der Waals surface area contributed by atoms with Gasteiger partial charge in [-0.05, 0) is 48.9 Å². The van der Waals surface area contributed by atoms with Crippen LogP contribution in [-0.2, 0) is 14.8 Å². The van der Waals surface area contributed by atoms with Crippen LogP contribution in [0.2, 0.25) is 5.02 Å². The topological polar surface area (TPSA) is 110 Å². The van der Waals surface area contributed by atoms with E-state index in [9.17, 15) is 23.3 Å². The van der Waals surface area contributed by atoms with E-state index in [1.54, 1.807) is 30.8 Å². The fraction of sp³-hybridized carbons (Fsp3) is 0.316. The maximum Gasteiger partial charge on any atom is 0.271 e. The van der Waals surface area contributed by atoms with Gasteiger partial charge in [0.25, 0.3) is 5.69 Å². The van der Waals surface area contributed by atoms with E-state index in [-0.39, 0.29) is 11.4 Å². The highest BCUT2D eigenvalue weighted by molar-refractivity contribution is 7.99. The highest BCUT2D eigenvalue weighted by Crippen LogP contribution is 2.27. The van der Waals surface area contributed by atoms with E-state index in [4.69, 9.17) is 11.6 Å². The lowest BCUT2D eigenvalue weighted by Crippen LogP contribution is -2.41. The number of rotatable bonds is 10. The number of amides is 1. The van der Waals surface area contributed by atoms with Crippen molar-refractivity contribution in [2.45, 2.75) is 18.2 Å². The molecule has 0 saturated heterocycles. The Bertz CT molecular complexity index is 1010. The minimum atomic E-state index is -3.82. The Balaban J connectivity index is 1.94. The highest BCUT2D eigenvalue weighted by atomic mass is 35.5. The molecule has 1 N–H and O–H groups in total. The number of sulfonamides is 1. The normalized spacial score (nSPS) is 11.2. The molecule has 0 spiro atoms. The number of hydrogen-bond donors (Lipinski definition) is 1. The second-order valence-electron chi connectivity index (χ2n) is 6.50. The summed E-state index contributed by atoms with van der Waals surface area (Å²) in [5.41, 5.74) is 0.377. The SMILES string of the molecule is Cc1ccc([N+](=O)[O-])cc1N(CC(=O)NCCCSc1ccc(Cl)cc1)S(C)(=O)=O. The molecule has 2 rings (SSSR count). The Kier molecular flexibility index (Phi) is 8.51. The second-order valence-corrected chi connectivity index (χ2v) is 10.0. The molecule has 0 atom stereocenters. The summed E-state index contributed by atoms with van der Waals surface area (Å²) in [6.07, 6.45) is 1.65. The Hall–Kier alpha value is -2.30. The van der Waals surface area contributed by atoms with Gasteiger partial charge >= 0.3 is 0 Å². The van der Waals surface area contributed by atoms with Crippen molar-refractivity contribution in [2.24, 2.45) is 0 Å². The lowest BCUT2D eigenvalue weighted by Gasteiger charge is -2.23. The van der Waals surface area contributed by atoms with Crippen LogP contribution in [0.25, 0.3) is 0 Å². The number of nitro benzene ring substituents is 1. The van der Waals surface area contributed by atoms with Crippen molar-refractivity contribution in [3.8, 4) is 0 Å². The van der Waals surface area contributed by atoms with Crippen molar-refractivity contribution in [1.29, 1.82) is 0 Å². The predicted molar refractivity (Wildman–Crippen MR) is 120 cm³/mol. The number of carbonyl (C=O) groups excluding carboxylic acids is 1. The van der Waals surface area contributed by atoms with Crippen molar-refractivity contribution in [3.05, 3.63) is 63.2 Å². The number of anilines is 1. The van der Waals surface area contributed by atoms with Crippen molar-refractivity contribution in [2.75, 3.05) is 29.4 Å². The Labute approximate surface area is 184 Å². The predicted octanol–water partition coefficient (Wildman–Crippen LogP) is 3.62. The minimum absolute atomic E-state index is 0.111. The largest absolute Gasteiger partial charge is 0.354 e. The standard InChI is InChI=1S/C19H22ClN3O5S2/c1-14-4-7-16(23(25)26)12-18(14)22(30(2,27)28)13-19(24)21-10-3-11-29-17-8-5-15(20)6-9-17/h4-9,12H,3,10-11,13H2,1-2H3,(H,21,24). The molecule has 0 heterocycles. The van der Waals surface area contributed by atoms with Gasteiger partial charge < -0.3 is 5.32 Å². The molecule has 0 unspecified atom stereocenters. The number of benzene rings is 2. The van der Waals surface area contributed by atoms with Gasteiger partial charge in [0.1, 0.15) is 6.54 Å². The van der Waals surface area contributed by atoms with Crippen LogP contribution in [-0.4, -0.2) is 44.3 Å². The summed E-state index contributed by atoms with van der Waals surface area (Å²) in [7, 11) is -3.82. The van der Waals surface area contributed by atoms with E-state index < -0.39 is 27.4 Å². The molecular formula is C19H22ClN3O5S2. The van der Waals surface area contributed by atoms with Gasteiger partial charge in [0.05, 0.1) is 16.9 Å². The lowest BCUT2D eigenvalue weighted by molar-refractivity contribution is -0.384. The molecule has 0 aromatic heterocycles. The van der Waals surface area contributed by atoms with Gasteiger partial charge in [-0.15, -0.1) is 11.8 Å². The lowest BCUT2D eigenvalue weighted by atomic mass is 10.2. The van der Waals surface area contributed by atoms with Gasteiger partial charge in [0, 0.05) is 28.6 Å². The average Bonchev–Trinajstić information content (AvgIpc) is 2.67. The number of non-ortho nitro benzene ring substituents is 1. The molecule has 2 aromatic carbocycles. The molecule has 0 saturated carbocycles. The van der Waals surface area contributed by atoms with Gasteiger partial charge in [0.15, 0.2) is 0 Å². The molecule has 0 fully saturated rings. The summed E-state index contributed by atoms with van der Waals surface area (Å²) >= 11 is 7.47. The molecule has 2 aromatic rings. The third kappa shape index (κ3) is 7.19. The van der Waals surface area contributed by atoms with Crippen LogP contribution in [0.5, 0.6) is 0 Å². The number of hydrogen-bond acceptors (Lipinski definition) is 6. The molecule has 1 amide bonds.